The Morgan fingerprint density at radius 2 is 1.56 bits per heavy atom. The summed E-state index contributed by atoms with van der Waals surface area (Å²) < 4.78 is 5.57. The topological polar surface area (TPSA) is 46.6 Å². The lowest BCUT2D eigenvalue weighted by atomic mass is 9.87. The van der Waals surface area contributed by atoms with E-state index in [1.807, 2.05) is 48.5 Å². The average Bonchev–Trinajstić information content (AvgIpc) is 2.59. The van der Waals surface area contributed by atoms with Crippen molar-refractivity contribution in [2.24, 2.45) is 0 Å². The molecule has 0 aliphatic carbocycles. The van der Waals surface area contributed by atoms with Gasteiger partial charge in [0.05, 0.1) is 13.7 Å². The molecule has 25 heavy (non-hydrogen) atoms. The molecule has 0 radical (unpaired) electrons. The zero-order chi connectivity index (χ0) is 18.6. The highest BCUT2D eigenvalue weighted by Gasteiger charge is 2.25. The molecule has 0 N–H and O–H groups in total. The Bertz CT molecular complexity index is 746. The number of hydrogen-bond acceptors (Lipinski definition) is 3. The summed E-state index contributed by atoms with van der Waals surface area (Å²) in [5.41, 5.74) is 2.75. The van der Waals surface area contributed by atoms with Crippen molar-refractivity contribution in [1.29, 1.82) is 0 Å². The van der Waals surface area contributed by atoms with Gasteiger partial charge in [0.1, 0.15) is 0 Å². The van der Waals surface area contributed by atoms with E-state index in [0.29, 0.717) is 5.69 Å². The molecule has 2 aromatic rings. The number of carbonyl (C=O) groups is 2. The highest BCUT2D eigenvalue weighted by atomic mass is 79.9. The number of benzene rings is 2. The normalized spacial score (nSPS) is 11.1. The van der Waals surface area contributed by atoms with Crippen LogP contribution in [0.5, 0.6) is 0 Å². The van der Waals surface area contributed by atoms with Gasteiger partial charge in [0.15, 0.2) is 0 Å². The molecule has 0 aliphatic rings. The Morgan fingerprint density at radius 3 is 2.04 bits per heavy atom. The van der Waals surface area contributed by atoms with Crippen LogP contribution in [0.4, 0.5) is 5.69 Å². The number of ether oxygens (including phenoxy) is 1. The zero-order valence-electron chi connectivity index (χ0n) is 14.9. The summed E-state index contributed by atoms with van der Waals surface area (Å²) in [4.78, 5) is 25.7. The lowest BCUT2D eigenvalue weighted by Crippen LogP contribution is -2.37. The highest BCUT2D eigenvalue weighted by Crippen LogP contribution is 2.26. The van der Waals surface area contributed by atoms with Crippen molar-refractivity contribution in [2.75, 3.05) is 12.0 Å². The van der Waals surface area contributed by atoms with Gasteiger partial charge in [-0.2, -0.15) is 0 Å². The fourth-order valence-corrected chi connectivity index (χ4v) is 2.66. The minimum Gasteiger partial charge on any atom is -0.462 e. The van der Waals surface area contributed by atoms with Crippen LogP contribution < -0.4 is 4.90 Å². The highest BCUT2D eigenvalue weighted by molar-refractivity contribution is 9.10. The molecule has 0 bridgehead atoms. The van der Waals surface area contributed by atoms with Crippen molar-refractivity contribution in [3.05, 3.63) is 64.1 Å². The summed E-state index contributed by atoms with van der Waals surface area (Å²) in [5, 5.41) is 0. The summed E-state index contributed by atoms with van der Waals surface area (Å²) in [6, 6.07) is 15.3. The molecule has 0 fully saturated rings. The molecular weight excluding hydrogens is 382 g/mol. The van der Waals surface area contributed by atoms with Crippen LogP contribution in [0.3, 0.4) is 0 Å². The summed E-state index contributed by atoms with van der Waals surface area (Å²) >= 11 is 3.39. The van der Waals surface area contributed by atoms with E-state index < -0.39 is 11.9 Å². The maximum Gasteiger partial charge on any atom is 0.397 e. The minimum atomic E-state index is -0.878. The number of halogens is 1. The Kier molecular flexibility index (Phi) is 6.01. The quantitative estimate of drug-likeness (QED) is 0.561. The van der Waals surface area contributed by atoms with E-state index in [-0.39, 0.29) is 12.0 Å². The first-order valence-electron chi connectivity index (χ1n) is 7.97. The van der Waals surface area contributed by atoms with Gasteiger partial charge >= 0.3 is 11.9 Å². The van der Waals surface area contributed by atoms with Crippen molar-refractivity contribution in [3.63, 3.8) is 0 Å². The number of anilines is 1. The van der Waals surface area contributed by atoms with Crippen molar-refractivity contribution in [1.82, 2.24) is 0 Å². The number of nitrogens with zero attached hydrogens (tertiary/aromatic N) is 1. The molecular formula is C20H22BrNO3. The van der Waals surface area contributed by atoms with Gasteiger partial charge in [0.2, 0.25) is 0 Å². The van der Waals surface area contributed by atoms with Gasteiger partial charge in [-0.15, -0.1) is 0 Å². The molecule has 1 amide bonds. The monoisotopic (exact) mass is 403 g/mol. The van der Waals surface area contributed by atoms with Crippen LogP contribution >= 0.6 is 15.9 Å². The first kappa shape index (κ1) is 19.2. The first-order chi connectivity index (χ1) is 11.7. The molecule has 0 aromatic heterocycles. The number of hydrogen-bond donors (Lipinski definition) is 0. The Morgan fingerprint density at radius 1 is 1.00 bits per heavy atom. The van der Waals surface area contributed by atoms with Crippen molar-refractivity contribution >= 4 is 33.5 Å². The maximum atomic E-state index is 12.5. The van der Waals surface area contributed by atoms with E-state index >= 15 is 0 Å². The van der Waals surface area contributed by atoms with Crippen LogP contribution in [0, 0.1) is 0 Å². The molecule has 0 atom stereocenters. The second-order valence-electron chi connectivity index (χ2n) is 6.81. The van der Waals surface area contributed by atoms with Gasteiger partial charge < -0.3 is 4.74 Å². The summed E-state index contributed by atoms with van der Waals surface area (Å²) in [7, 11) is 1.21. The largest absolute Gasteiger partial charge is 0.462 e. The van der Waals surface area contributed by atoms with Gasteiger partial charge in [-0.25, -0.2) is 4.79 Å². The van der Waals surface area contributed by atoms with E-state index in [0.717, 1.165) is 15.6 Å². The van der Waals surface area contributed by atoms with E-state index in [1.54, 1.807) is 0 Å². The van der Waals surface area contributed by atoms with E-state index in [1.165, 1.54) is 12.0 Å². The number of methoxy groups -OCH3 is 1. The van der Waals surface area contributed by atoms with Gasteiger partial charge in [0, 0.05) is 10.2 Å². The van der Waals surface area contributed by atoms with E-state index in [9.17, 15) is 9.59 Å². The predicted octanol–water partition coefficient (Wildman–Crippen LogP) is 4.45. The molecule has 2 aromatic carbocycles. The Labute approximate surface area is 156 Å². The standard InChI is InChI=1S/C20H22BrNO3/c1-20(2,3)15-7-11-17(12-8-15)22(18(23)19(24)25-4)13-14-5-9-16(21)10-6-14/h5-12H,13H2,1-4H3. The lowest BCUT2D eigenvalue weighted by Gasteiger charge is -2.24. The molecule has 0 saturated heterocycles. The van der Waals surface area contributed by atoms with Crippen LogP contribution in [0.25, 0.3) is 0 Å². The number of esters is 1. The molecule has 0 heterocycles. The summed E-state index contributed by atoms with van der Waals surface area (Å²) in [6.07, 6.45) is 0. The van der Waals surface area contributed by atoms with Crippen LogP contribution in [-0.4, -0.2) is 19.0 Å². The zero-order valence-corrected chi connectivity index (χ0v) is 16.5. The molecule has 0 saturated carbocycles. The number of rotatable bonds is 3. The second-order valence-corrected chi connectivity index (χ2v) is 7.72. The minimum absolute atomic E-state index is 0.0153. The number of amides is 1. The van der Waals surface area contributed by atoms with E-state index in [4.69, 9.17) is 0 Å². The fraction of sp³-hybridized carbons (Fsp3) is 0.300. The van der Waals surface area contributed by atoms with Crippen LogP contribution in [0.1, 0.15) is 31.9 Å². The fourth-order valence-electron chi connectivity index (χ4n) is 2.39. The third kappa shape index (κ3) is 4.92. The van der Waals surface area contributed by atoms with Gasteiger partial charge in [-0.3, -0.25) is 9.69 Å². The molecule has 0 unspecified atom stereocenters. The maximum absolute atomic E-state index is 12.5. The Balaban J connectivity index is 2.35. The Hall–Kier alpha value is -2.14. The van der Waals surface area contributed by atoms with Crippen molar-refractivity contribution < 1.29 is 14.3 Å². The summed E-state index contributed by atoms with van der Waals surface area (Å²) in [5.74, 6) is -1.56. The van der Waals surface area contributed by atoms with E-state index in [2.05, 4.69) is 41.4 Å². The van der Waals surface area contributed by atoms with Gasteiger partial charge in [0.25, 0.3) is 0 Å². The second kappa shape index (κ2) is 7.83. The molecule has 132 valence electrons. The molecule has 5 heteroatoms. The van der Waals surface area contributed by atoms with Crippen molar-refractivity contribution in [3.8, 4) is 0 Å². The van der Waals surface area contributed by atoms with Crippen LogP contribution in [-0.2, 0) is 26.3 Å². The SMILES string of the molecule is COC(=O)C(=O)N(Cc1ccc(Br)cc1)c1ccc(C(C)(C)C)cc1. The van der Waals surface area contributed by atoms with Gasteiger partial charge in [-0.1, -0.05) is 61.0 Å². The lowest BCUT2D eigenvalue weighted by molar-refractivity contribution is -0.151. The summed E-state index contributed by atoms with van der Waals surface area (Å²) in [6.45, 7) is 6.67. The van der Waals surface area contributed by atoms with Gasteiger partial charge in [-0.05, 0) is 40.8 Å². The average molecular weight is 404 g/mol. The molecule has 0 spiro atoms. The van der Waals surface area contributed by atoms with Crippen LogP contribution in [0.2, 0.25) is 0 Å². The first-order valence-corrected chi connectivity index (χ1v) is 8.76. The van der Waals surface area contributed by atoms with Crippen molar-refractivity contribution in [2.45, 2.75) is 32.7 Å². The smallest absolute Gasteiger partial charge is 0.397 e. The predicted molar refractivity (Wildman–Crippen MR) is 102 cm³/mol. The third-order valence-electron chi connectivity index (χ3n) is 3.90. The number of carbonyl (C=O) groups excluding carboxylic acids is 2. The van der Waals surface area contributed by atoms with Crippen LogP contribution in [0.15, 0.2) is 53.0 Å². The third-order valence-corrected chi connectivity index (χ3v) is 4.43. The molecule has 0 aliphatic heterocycles. The molecule has 4 nitrogen and oxygen atoms in total. The molecule has 2 rings (SSSR count).